The zero-order chi connectivity index (χ0) is 10.3. The van der Waals surface area contributed by atoms with E-state index in [1.165, 1.54) is 17.7 Å². The lowest BCUT2D eigenvalue weighted by Gasteiger charge is -2.08. The van der Waals surface area contributed by atoms with Gasteiger partial charge in [-0.15, -0.1) is 0 Å². The van der Waals surface area contributed by atoms with Crippen molar-refractivity contribution in [3.05, 3.63) is 53.3 Å². The highest BCUT2D eigenvalue weighted by Gasteiger charge is 2.24. The summed E-state index contributed by atoms with van der Waals surface area (Å²) < 4.78 is 2.15. The number of rotatable bonds is 1. The maximum Gasteiger partial charge on any atom is 0.0596 e. The minimum Gasteiger partial charge on any atom is -0.269 e. The molecule has 0 unspecified atom stereocenters. The van der Waals surface area contributed by atoms with Crippen molar-refractivity contribution in [3.63, 3.8) is 0 Å². The van der Waals surface area contributed by atoms with E-state index in [-0.39, 0.29) is 0 Å². The summed E-state index contributed by atoms with van der Waals surface area (Å²) in [7, 11) is 0. The van der Waals surface area contributed by atoms with Crippen LogP contribution in [0.25, 0.3) is 0 Å². The summed E-state index contributed by atoms with van der Waals surface area (Å²) in [6.45, 7) is 3.12. The highest BCUT2D eigenvalue weighted by molar-refractivity contribution is 5.31. The molecule has 2 heteroatoms. The molecule has 15 heavy (non-hydrogen) atoms. The lowest BCUT2D eigenvalue weighted by molar-refractivity contribution is 0.643. The fraction of sp³-hybridized carbons (Fsp3) is 0.308. The van der Waals surface area contributed by atoms with E-state index in [1.54, 1.807) is 0 Å². The van der Waals surface area contributed by atoms with Gasteiger partial charge in [0.15, 0.2) is 0 Å². The van der Waals surface area contributed by atoms with Gasteiger partial charge in [-0.25, -0.2) is 0 Å². The second-order valence-corrected chi connectivity index (χ2v) is 4.19. The van der Waals surface area contributed by atoms with E-state index in [0.29, 0.717) is 5.92 Å². The van der Waals surface area contributed by atoms with Crippen LogP contribution in [0.3, 0.4) is 0 Å². The molecule has 0 saturated carbocycles. The van der Waals surface area contributed by atoms with Gasteiger partial charge in [-0.1, -0.05) is 30.3 Å². The average Bonchev–Trinajstić information content (AvgIpc) is 2.77. The molecule has 1 aliphatic rings. The Morgan fingerprint density at radius 2 is 2.07 bits per heavy atom. The van der Waals surface area contributed by atoms with Crippen molar-refractivity contribution in [3.8, 4) is 0 Å². The normalized spacial score (nSPS) is 19.1. The molecule has 76 valence electrons. The molecule has 2 nitrogen and oxygen atoms in total. The van der Waals surface area contributed by atoms with Crippen molar-refractivity contribution in [2.24, 2.45) is 0 Å². The standard InChI is InChI=1S/C13H14N2/c1-10-9-13-12(7-8-15(13)14-10)11-5-3-2-4-6-11/h2-6,9,12H,7-8H2,1H3/t12-/m1/s1. The summed E-state index contributed by atoms with van der Waals surface area (Å²) in [5.41, 5.74) is 3.92. The zero-order valence-electron chi connectivity index (χ0n) is 8.85. The highest BCUT2D eigenvalue weighted by atomic mass is 15.3. The second-order valence-electron chi connectivity index (χ2n) is 4.19. The number of nitrogens with zero attached hydrogens (tertiary/aromatic N) is 2. The average molecular weight is 198 g/mol. The summed E-state index contributed by atoms with van der Waals surface area (Å²) in [4.78, 5) is 0. The van der Waals surface area contributed by atoms with Crippen LogP contribution in [0.1, 0.15) is 29.3 Å². The maximum atomic E-state index is 4.48. The van der Waals surface area contributed by atoms with Gasteiger partial charge in [0, 0.05) is 18.2 Å². The Morgan fingerprint density at radius 1 is 1.27 bits per heavy atom. The number of benzene rings is 1. The summed E-state index contributed by atoms with van der Waals surface area (Å²) in [6, 6.07) is 12.9. The maximum absolute atomic E-state index is 4.48. The van der Waals surface area contributed by atoms with Crippen molar-refractivity contribution < 1.29 is 0 Å². The Kier molecular flexibility index (Phi) is 1.88. The number of aryl methyl sites for hydroxylation is 2. The van der Waals surface area contributed by atoms with E-state index >= 15 is 0 Å². The van der Waals surface area contributed by atoms with E-state index < -0.39 is 0 Å². The van der Waals surface area contributed by atoms with E-state index in [4.69, 9.17) is 0 Å². The predicted molar refractivity (Wildman–Crippen MR) is 59.9 cm³/mol. The van der Waals surface area contributed by atoms with Gasteiger partial charge in [-0.3, -0.25) is 4.68 Å². The van der Waals surface area contributed by atoms with Crippen molar-refractivity contribution in [2.45, 2.75) is 25.8 Å². The third-order valence-corrected chi connectivity index (χ3v) is 3.12. The quantitative estimate of drug-likeness (QED) is 0.689. The molecular formula is C13H14N2. The molecule has 0 saturated heterocycles. The zero-order valence-corrected chi connectivity index (χ0v) is 8.85. The van der Waals surface area contributed by atoms with Crippen LogP contribution in [0.15, 0.2) is 36.4 Å². The second kappa shape index (κ2) is 3.23. The van der Waals surface area contributed by atoms with Gasteiger partial charge in [-0.2, -0.15) is 5.10 Å². The van der Waals surface area contributed by atoms with Crippen molar-refractivity contribution in [2.75, 3.05) is 0 Å². The molecule has 1 atom stereocenters. The summed E-state index contributed by atoms with van der Waals surface area (Å²) in [6.07, 6.45) is 1.19. The Bertz CT molecular complexity index is 471. The first-order chi connectivity index (χ1) is 7.34. The van der Waals surface area contributed by atoms with Crippen LogP contribution >= 0.6 is 0 Å². The third-order valence-electron chi connectivity index (χ3n) is 3.12. The van der Waals surface area contributed by atoms with Crippen LogP contribution in [0.2, 0.25) is 0 Å². The molecule has 1 aromatic carbocycles. The molecule has 0 spiro atoms. The molecule has 2 heterocycles. The molecule has 3 rings (SSSR count). The van der Waals surface area contributed by atoms with Crippen molar-refractivity contribution >= 4 is 0 Å². The Morgan fingerprint density at radius 3 is 2.87 bits per heavy atom. The predicted octanol–water partition coefficient (Wildman–Crippen LogP) is 2.73. The third kappa shape index (κ3) is 1.37. The van der Waals surface area contributed by atoms with Gasteiger partial charge >= 0.3 is 0 Å². The monoisotopic (exact) mass is 198 g/mol. The molecule has 0 amide bonds. The van der Waals surface area contributed by atoms with Gasteiger partial charge in [0.05, 0.1) is 5.69 Å². The highest BCUT2D eigenvalue weighted by Crippen LogP contribution is 2.33. The van der Waals surface area contributed by atoms with Crippen LogP contribution in [-0.2, 0) is 6.54 Å². The van der Waals surface area contributed by atoms with Gasteiger partial charge in [-0.05, 0) is 25.0 Å². The molecule has 0 aliphatic carbocycles. The molecule has 0 fully saturated rings. The SMILES string of the molecule is Cc1cc2n(n1)CC[C@@H]2c1ccccc1. The fourth-order valence-electron chi connectivity index (χ4n) is 2.45. The summed E-state index contributed by atoms with van der Waals surface area (Å²) in [5, 5.41) is 4.48. The molecule has 0 radical (unpaired) electrons. The summed E-state index contributed by atoms with van der Waals surface area (Å²) >= 11 is 0. The Hall–Kier alpha value is -1.57. The van der Waals surface area contributed by atoms with Gasteiger partial charge in [0.1, 0.15) is 0 Å². The first kappa shape index (κ1) is 8.72. The molecule has 1 aromatic heterocycles. The molecule has 2 aromatic rings. The Labute approximate surface area is 89.5 Å². The fourth-order valence-corrected chi connectivity index (χ4v) is 2.45. The molecule has 0 bridgehead atoms. The van der Waals surface area contributed by atoms with Crippen LogP contribution in [0.5, 0.6) is 0 Å². The van der Waals surface area contributed by atoms with E-state index in [1.807, 2.05) is 0 Å². The largest absolute Gasteiger partial charge is 0.269 e. The van der Waals surface area contributed by atoms with Crippen LogP contribution in [-0.4, -0.2) is 9.78 Å². The van der Waals surface area contributed by atoms with Crippen LogP contribution in [0, 0.1) is 6.92 Å². The minimum absolute atomic E-state index is 0.549. The first-order valence-electron chi connectivity index (χ1n) is 5.44. The smallest absolute Gasteiger partial charge is 0.0596 e. The minimum atomic E-state index is 0.549. The molecule has 0 N–H and O–H groups in total. The van der Waals surface area contributed by atoms with E-state index in [0.717, 1.165) is 12.2 Å². The molecular weight excluding hydrogens is 184 g/mol. The first-order valence-corrected chi connectivity index (χ1v) is 5.44. The molecule has 1 aliphatic heterocycles. The topological polar surface area (TPSA) is 17.8 Å². The van der Waals surface area contributed by atoms with Gasteiger partial charge in [0.25, 0.3) is 0 Å². The van der Waals surface area contributed by atoms with Crippen LogP contribution < -0.4 is 0 Å². The van der Waals surface area contributed by atoms with E-state index in [2.05, 4.69) is 53.1 Å². The lowest BCUT2D eigenvalue weighted by atomic mass is 9.95. The summed E-state index contributed by atoms with van der Waals surface area (Å²) in [5.74, 6) is 0.549. The number of hydrogen-bond donors (Lipinski definition) is 0. The van der Waals surface area contributed by atoms with Gasteiger partial charge in [0.2, 0.25) is 0 Å². The number of aromatic nitrogens is 2. The Balaban J connectivity index is 2.03. The van der Waals surface area contributed by atoms with Gasteiger partial charge < -0.3 is 0 Å². The van der Waals surface area contributed by atoms with Crippen molar-refractivity contribution in [1.29, 1.82) is 0 Å². The number of hydrogen-bond acceptors (Lipinski definition) is 1. The number of fused-ring (bicyclic) bond motifs is 1. The lowest BCUT2D eigenvalue weighted by Crippen LogP contribution is -1.96. The van der Waals surface area contributed by atoms with Crippen molar-refractivity contribution in [1.82, 2.24) is 9.78 Å². The van der Waals surface area contributed by atoms with Crippen LogP contribution in [0.4, 0.5) is 0 Å². The van der Waals surface area contributed by atoms with E-state index in [9.17, 15) is 0 Å².